The average molecular weight is 269 g/mol. The Labute approximate surface area is 114 Å². The monoisotopic (exact) mass is 269 g/mol. The van der Waals surface area contributed by atoms with Gasteiger partial charge in [0.1, 0.15) is 5.75 Å². The number of anilines is 1. The van der Waals surface area contributed by atoms with Crippen LogP contribution in [0.4, 0.5) is 5.69 Å². The minimum atomic E-state index is 0.170. The van der Waals surface area contributed by atoms with Crippen LogP contribution in [0.5, 0.6) is 5.75 Å². The lowest BCUT2D eigenvalue weighted by Gasteiger charge is -2.02. The summed E-state index contributed by atoms with van der Waals surface area (Å²) in [5.74, 6) is 1.77. The van der Waals surface area contributed by atoms with E-state index >= 15 is 0 Å². The summed E-state index contributed by atoms with van der Waals surface area (Å²) in [5, 5.41) is 3.80. The second-order valence-electron chi connectivity index (χ2n) is 3.94. The van der Waals surface area contributed by atoms with Gasteiger partial charge in [-0.25, -0.2) is 9.97 Å². The Morgan fingerprint density at radius 3 is 2.55 bits per heavy atom. The lowest BCUT2D eigenvalue weighted by atomic mass is 10.3. The molecule has 100 valence electrons. The molecule has 0 saturated carbocycles. The third-order valence-electron chi connectivity index (χ3n) is 2.48. The van der Waals surface area contributed by atoms with Crippen LogP contribution in [0.15, 0.2) is 47.2 Å². The van der Waals surface area contributed by atoms with Crippen LogP contribution in [0.1, 0.15) is 5.89 Å². The topological polar surface area (TPSA) is 100.0 Å². The normalized spacial score (nSPS) is 10.4. The van der Waals surface area contributed by atoms with Crippen molar-refractivity contribution in [1.29, 1.82) is 0 Å². The zero-order chi connectivity index (χ0) is 13.8. The van der Waals surface area contributed by atoms with E-state index in [1.54, 1.807) is 42.7 Å². The standard InChI is InChI=1S/C13H11N5O2/c14-9-2-4-10(5-3-9)19-8-11-17-13(18-20-11)12-15-6-1-7-16-12/h1-7H,8,14H2. The summed E-state index contributed by atoms with van der Waals surface area (Å²) >= 11 is 0. The molecule has 0 fully saturated rings. The van der Waals surface area contributed by atoms with Gasteiger partial charge < -0.3 is 15.0 Å². The molecule has 7 heteroatoms. The minimum Gasteiger partial charge on any atom is -0.484 e. The van der Waals surface area contributed by atoms with Crippen molar-refractivity contribution in [3.8, 4) is 17.4 Å². The predicted octanol–water partition coefficient (Wildman–Crippen LogP) is 1.69. The highest BCUT2D eigenvalue weighted by atomic mass is 16.5. The number of hydrogen-bond donors (Lipinski definition) is 1. The molecule has 1 aromatic carbocycles. The van der Waals surface area contributed by atoms with Gasteiger partial charge in [0.05, 0.1) is 0 Å². The minimum absolute atomic E-state index is 0.170. The van der Waals surface area contributed by atoms with Crippen LogP contribution in [-0.4, -0.2) is 20.1 Å². The first kappa shape index (κ1) is 12.1. The molecule has 3 rings (SSSR count). The first-order chi connectivity index (χ1) is 9.81. The fourth-order valence-electron chi connectivity index (χ4n) is 1.53. The zero-order valence-corrected chi connectivity index (χ0v) is 10.4. The number of nitrogens with zero attached hydrogens (tertiary/aromatic N) is 4. The van der Waals surface area contributed by atoms with Gasteiger partial charge in [0, 0.05) is 18.1 Å². The van der Waals surface area contributed by atoms with Crippen molar-refractivity contribution >= 4 is 5.69 Å². The lowest BCUT2D eigenvalue weighted by molar-refractivity contribution is 0.243. The van der Waals surface area contributed by atoms with Crippen molar-refractivity contribution in [2.45, 2.75) is 6.61 Å². The summed E-state index contributed by atoms with van der Waals surface area (Å²) in [6, 6.07) is 8.77. The highest BCUT2D eigenvalue weighted by Gasteiger charge is 2.10. The fourth-order valence-corrected chi connectivity index (χ4v) is 1.53. The summed E-state index contributed by atoms with van der Waals surface area (Å²) in [6.07, 6.45) is 3.23. The number of ether oxygens (including phenoxy) is 1. The number of nitrogens with two attached hydrogens (primary N) is 1. The van der Waals surface area contributed by atoms with E-state index in [1.165, 1.54) is 0 Å². The Morgan fingerprint density at radius 1 is 1.05 bits per heavy atom. The van der Waals surface area contributed by atoms with Crippen molar-refractivity contribution < 1.29 is 9.26 Å². The highest BCUT2D eigenvalue weighted by Crippen LogP contribution is 2.15. The number of rotatable bonds is 4. The van der Waals surface area contributed by atoms with Gasteiger partial charge in [-0.1, -0.05) is 5.16 Å². The third-order valence-corrected chi connectivity index (χ3v) is 2.48. The molecule has 0 aliphatic carbocycles. The lowest BCUT2D eigenvalue weighted by Crippen LogP contribution is -1.96. The van der Waals surface area contributed by atoms with Gasteiger partial charge in [0.2, 0.25) is 11.6 Å². The molecule has 0 amide bonds. The zero-order valence-electron chi connectivity index (χ0n) is 10.4. The Kier molecular flexibility index (Phi) is 3.24. The van der Waals surface area contributed by atoms with Crippen molar-refractivity contribution in [2.24, 2.45) is 0 Å². The highest BCUT2D eigenvalue weighted by molar-refractivity contribution is 5.42. The maximum absolute atomic E-state index is 5.59. The molecule has 0 aliphatic rings. The fraction of sp³-hybridized carbons (Fsp3) is 0.0769. The second kappa shape index (κ2) is 5.35. The largest absolute Gasteiger partial charge is 0.484 e. The van der Waals surface area contributed by atoms with Crippen LogP contribution in [-0.2, 0) is 6.61 Å². The quantitative estimate of drug-likeness (QED) is 0.719. The average Bonchev–Trinajstić information content (AvgIpc) is 2.97. The summed E-state index contributed by atoms with van der Waals surface area (Å²) in [4.78, 5) is 12.2. The van der Waals surface area contributed by atoms with Gasteiger partial charge in [-0.05, 0) is 30.3 Å². The van der Waals surface area contributed by atoms with Gasteiger partial charge in [0.25, 0.3) is 5.89 Å². The van der Waals surface area contributed by atoms with Crippen molar-refractivity contribution in [3.05, 3.63) is 48.6 Å². The van der Waals surface area contributed by atoms with Gasteiger partial charge >= 0.3 is 0 Å². The summed E-state index contributed by atoms with van der Waals surface area (Å²) < 4.78 is 10.6. The maximum atomic E-state index is 5.59. The molecule has 0 saturated heterocycles. The van der Waals surface area contributed by atoms with Crippen LogP contribution in [0, 0.1) is 0 Å². The van der Waals surface area contributed by atoms with E-state index in [1.807, 2.05) is 0 Å². The molecule has 0 spiro atoms. The van der Waals surface area contributed by atoms with Crippen LogP contribution < -0.4 is 10.5 Å². The SMILES string of the molecule is Nc1ccc(OCc2nc(-c3ncccn3)no2)cc1. The van der Waals surface area contributed by atoms with E-state index < -0.39 is 0 Å². The first-order valence-corrected chi connectivity index (χ1v) is 5.89. The molecular weight excluding hydrogens is 258 g/mol. The Morgan fingerprint density at radius 2 is 1.80 bits per heavy atom. The van der Waals surface area contributed by atoms with Gasteiger partial charge in [-0.15, -0.1) is 0 Å². The molecule has 20 heavy (non-hydrogen) atoms. The molecule has 0 unspecified atom stereocenters. The summed E-state index contributed by atoms with van der Waals surface area (Å²) in [7, 11) is 0. The molecule has 3 aromatic rings. The van der Waals surface area contributed by atoms with E-state index in [-0.39, 0.29) is 6.61 Å². The number of nitrogen functional groups attached to an aromatic ring is 1. The van der Waals surface area contributed by atoms with E-state index in [2.05, 4.69) is 20.1 Å². The van der Waals surface area contributed by atoms with E-state index in [4.69, 9.17) is 15.0 Å². The number of hydrogen-bond acceptors (Lipinski definition) is 7. The smallest absolute Gasteiger partial charge is 0.264 e. The van der Waals surface area contributed by atoms with Crippen molar-refractivity contribution in [3.63, 3.8) is 0 Å². The molecule has 0 bridgehead atoms. The molecule has 2 heterocycles. The number of benzene rings is 1. The second-order valence-corrected chi connectivity index (χ2v) is 3.94. The van der Waals surface area contributed by atoms with Gasteiger partial charge in [-0.2, -0.15) is 4.98 Å². The Balaban J connectivity index is 1.67. The predicted molar refractivity (Wildman–Crippen MR) is 70.5 cm³/mol. The number of aromatic nitrogens is 4. The summed E-state index contributed by atoms with van der Waals surface area (Å²) in [6.45, 7) is 0.170. The Bertz CT molecular complexity index is 681. The Hall–Kier alpha value is -2.96. The van der Waals surface area contributed by atoms with E-state index in [0.29, 0.717) is 29.0 Å². The molecule has 0 aliphatic heterocycles. The van der Waals surface area contributed by atoms with Crippen LogP contribution >= 0.6 is 0 Å². The van der Waals surface area contributed by atoms with Gasteiger partial charge in [-0.3, -0.25) is 0 Å². The van der Waals surface area contributed by atoms with E-state index in [0.717, 1.165) is 0 Å². The third kappa shape index (κ3) is 2.72. The molecule has 7 nitrogen and oxygen atoms in total. The van der Waals surface area contributed by atoms with Crippen LogP contribution in [0.2, 0.25) is 0 Å². The molecule has 0 atom stereocenters. The maximum Gasteiger partial charge on any atom is 0.264 e. The van der Waals surface area contributed by atoms with Crippen molar-refractivity contribution in [2.75, 3.05) is 5.73 Å². The van der Waals surface area contributed by atoms with Crippen LogP contribution in [0.3, 0.4) is 0 Å². The molecule has 0 radical (unpaired) electrons. The molecule has 2 N–H and O–H groups in total. The summed E-state index contributed by atoms with van der Waals surface area (Å²) in [5.41, 5.74) is 6.27. The first-order valence-electron chi connectivity index (χ1n) is 5.89. The molecule has 2 aromatic heterocycles. The molecular formula is C13H11N5O2. The van der Waals surface area contributed by atoms with Crippen LogP contribution in [0.25, 0.3) is 11.6 Å². The van der Waals surface area contributed by atoms with E-state index in [9.17, 15) is 0 Å². The van der Waals surface area contributed by atoms with Crippen molar-refractivity contribution in [1.82, 2.24) is 20.1 Å². The van der Waals surface area contributed by atoms with Gasteiger partial charge in [0.15, 0.2) is 6.61 Å².